The monoisotopic (exact) mass is 267 g/mol. The largest absolute Gasteiger partial charge is 0.325 e. The molecule has 0 spiro atoms. The highest BCUT2D eigenvalue weighted by Gasteiger charge is 2.24. The molecule has 1 heterocycles. The fourth-order valence-electron chi connectivity index (χ4n) is 2.48. The molecule has 0 aliphatic carbocycles. The van der Waals surface area contributed by atoms with Crippen molar-refractivity contribution in [3.8, 4) is 0 Å². The van der Waals surface area contributed by atoms with Gasteiger partial charge >= 0.3 is 0 Å². The standard InChI is InChI=1S/C14H19ClN2O/c1-11-6-4-5-9-17(11)10-14(18)16-13-8-3-2-7-12(13)15/h2-3,7-8,11H,4-6,9-10H2,1H3,(H,16,18)/p+1/t11-/m1/s1. The number of anilines is 1. The molecule has 0 aromatic heterocycles. The van der Waals surface area contributed by atoms with Gasteiger partial charge in [0.2, 0.25) is 0 Å². The predicted molar refractivity (Wildman–Crippen MR) is 74.1 cm³/mol. The van der Waals surface area contributed by atoms with Gasteiger partial charge in [-0.1, -0.05) is 23.7 Å². The summed E-state index contributed by atoms with van der Waals surface area (Å²) in [6.07, 6.45) is 3.73. The van der Waals surface area contributed by atoms with Crippen molar-refractivity contribution in [3.63, 3.8) is 0 Å². The Morgan fingerprint density at radius 3 is 2.94 bits per heavy atom. The number of hydrogen-bond donors (Lipinski definition) is 2. The van der Waals surface area contributed by atoms with Crippen LogP contribution in [0.15, 0.2) is 24.3 Å². The summed E-state index contributed by atoms with van der Waals surface area (Å²) in [5, 5.41) is 3.48. The Bertz CT molecular complexity index is 422. The number of rotatable bonds is 3. The summed E-state index contributed by atoms with van der Waals surface area (Å²) < 4.78 is 0. The molecule has 1 aromatic rings. The number of carbonyl (C=O) groups is 1. The van der Waals surface area contributed by atoms with E-state index in [1.54, 1.807) is 6.07 Å². The first-order chi connectivity index (χ1) is 8.66. The number of likely N-dealkylation sites (tertiary alicyclic amines) is 1. The van der Waals surface area contributed by atoms with Gasteiger partial charge in [-0.25, -0.2) is 0 Å². The van der Waals surface area contributed by atoms with Crippen LogP contribution in [-0.4, -0.2) is 25.0 Å². The Balaban J connectivity index is 1.90. The molecule has 1 saturated heterocycles. The Morgan fingerprint density at radius 1 is 1.44 bits per heavy atom. The van der Waals surface area contributed by atoms with Gasteiger partial charge in [-0.3, -0.25) is 4.79 Å². The number of quaternary nitrogens is 1. The van der Waals surface area contributed by atoms with E-state index in [0.717, 1.165) is 6.54 Å². The van der Waals surface area contributed by atoms with Crippen molar-refractivity contribution in [2.45, 2.75) is 32.2 Å². The quantitative estimate of drug-likeness (QED) is 0.859. The van der Waals surface area contributed by atoms with E-state index in [2.05, 4.69) is 12.2 Å². The van der Waals surface area contributed by atoms with Crippen LogP contribution in [0.1, 0.15) is 26.2 Å². The number of halogens is 1. The van der Waals surface area contributed by atoms with Crippen LogP contribution in [0.5, 0.6) is 0 Å². The molecule has 0 radical (unpaired) electrons. The minimum atomic E-state index is 0.0480. The van der Waals surface area contributed by atoms with Crippen LogP contribution in [0.4, 0.5) is 5.69 Å². The second kappa shape index (κ2) is 6.21. The summed E-state index contributed by atoms with van der Waals surface area (Å²) in [4.78, 5) is 13.4. The van der Waals surface area contributed by atoms with Gasteiger partial charge in [-0.05, 0) is 38.3 Å². The van der Waals surface area contributed by atoms with Crippen molar-refractivity contribution in [3.05, 3.63) is 29.3 Å². The number of piperidine rings is 1. The molecule has 18 heavy (non-hydrogen) atoms. The maximum Gasteiger partial charge on any atom is 0.279 e. The lowest BCUT2D eigenvalue weighted by molar-refractivity contribution is -0.920. The third-order valence-corrected chi connectivity index (χ3v) is 3.95. The average Bonchev–Trinajstić information content (AvgIpc) is 2.35. The van der Waals surface area contributed by atoms with E-state index >= 15 is 0 Å². The summed E-state index contributed by atoms with van der Waals surface area (Å²) in [6, 6.07) is 7.92. The second-order valence-corrected chi connectivity index (χ2v) is 5.42. The number of hydrogen-bond acceptors (Lipinski definition) is 1. The minimum Gasteiger partial charge on any atom is -0.325 e. The maximum atomic E-state index is 12.0. The zero-order valence-corrected chi connectivity index (χ0v) is 11.5. The van der Waals surface area contributed by atoms with E-state index in [-0.39, 0.29) is 5.91 Å². The predicted octanol–water partition coefficient (Wildman–Crippen LogP) is 1.74. The number of amides is 1. The second-order valence-electron chi connectivity index (χ2n) is 5.01. The molecular weight excluding hydrogens is 248 g/mol. The Kier molecular flexibility index (Phi) is 4.61. The fourth-order valence-corrected chi connectivity index (χ4v) is 2.66. The first-order valence-corrected chi connectivity index (χ1v) is 6.93. The van der Waals surface area contributed by atoms with Crippen LogP contribution in [0.3, 0.4) is 0 Å². The molecule has 0 bridgehead atoms. The molecule has 1 aromatic carbocycles. The topological polar surface area (TPSA) is 33.5 Å². The minimum absolute atomic E-state index is 0.0480. The Hall–Kier alpha value is -1.06. The first kappa shape index (κ1) is 13.4. The smallest absolute Gasteiger partial charge is 0.279 e. The van der Waals surface area contributed by atoms with Crippen molar-refractivity contribution in [1.29, 1.82) is 0 Å². The lowest BCUT2D eigenvalue weighted by Gasteiger charge is -2.29. The van der Waals surface area contributed by atoms with E-state index in [4.69, 9.17) is 11.6 Å². The Morgan fingerprint density at radius 2 is 2.22 bits per heavy atom. The molecule has 0 saturated carbocycles. The van der Waals surface area contributed by atoms with Crippen LogP contribution >= 0.6 is 11.6 Å². The van der Waals surface area contributed by atoms with Gasteiger partial charge in [0, 0.05) is 0 Å². The van der Waals surface area contributed by atoms with Gasteiger partial charge in [0.05, 0.1) is 23.3 Å². The van der Waals surface area contributed by atoms with Gasteiger partial charge in [-0.2, -0.15) is 0 Å². The first-order valence-electron chi connectivity index (χ1n) is 6.56. The lowest BCUT2D eigenvalue weighted by atomic mass is 10.0. The van der Waals surface area contributed by atoms with Gasteiger partial charge in [0.25, 0.3) is 5.91 Å². The van der Waals surface area contributed by atoms with Crippen molar-refractivity contribution < 1.29 is 9.69 Å². The molecule has 2 atom stereocenters. The van der Waals surface area contributed by atoms with E-state index in [9.17, 15) is 4.79 Å². The van der Waals surface area contributed by atoms with Crippen LogP contribution in [0, 0.1) is 0 Å². The van der Waals surface area contributed by atoms with Gasteiger partial charge in [-0.15, -0.1) is 0 Å². The maximum absolute atomic E-state index is 12.0. The normalized spacial score (nSPS) is 23.7. The average molecular weight is 268 g/mol. The van der Waals surface area contributed by atoms with Crippen molar-refractivity contribution in [2.75, 3.05) is 18.4 Å². The number of nitrogens with one attached hydrogen (secondary N) is 2. The van der Waals surface area contributed by atoms with E-state index < -0.39 is 0 Å². The molecule has 2 N–H and O–H groups in total. The van der Waals surface area contributed by atoms with Gasteiger partial charge < -0.3 is 10.2 Å². The molecule has 3 nitrogen and oxygen atoms in total. The van der Waals surface area contributed by atoms with Crippen molar-refractivity contribution in [1.82, 2.24) is 0 Å². The van der Waals surface area contributed by atoms with Gasteiger partial charge in [0.15, 0.2) is 6.54 Å². The molecule has 1 aliphatic rings. The van der Waals surface area contributed by atoms with Gasteiger partial charge in [0.1, 0.15) is 0 Å². The fraction of sp³-hybridized carbons (Fsp3) is 0.500. The summed E-state index contributed by atoms with van der Waals surface area (Å²) in [7, 11) is 0. The molecule has 1 aliphatic heterocycles. The highest BCUT2D eigenvalue weighted by Crippen LogP contribution is 2.19. The number of carbonyl (C=O) groups excluding carboxylic acids is 1. The molecule has 2 rings (SSSR count). The molecule has 1 unspecified atom stereocenters. The molecular formula is C14H20ClN2O+. The van der Waals surface area contributed by atoms with Crippen molar-refractivity contribution in [2.24, 2.45) is 0 Å². The van der Waals surface area contributed by atoms with Crippen LogP contribution in [-0.2, 0) is 4.79 Å². The number of benzene rings is 1. The molecule has 98 valence electrons. The van der Waals surface area contributed by atoms with Crippen molar-refractivity contribution >= 4 is 23.2 Å². The lowest BCUT2D eigenvalue weighted by Crippen LogP contribution is -3.17. The highest BCUT2D eigenvalue weighted by molar-refractivity contribution is 6.33. The highest BCUT2D eigenvalue weighted by atomic mass is 35.5. The Labute approximate surface area is 113 Å². The van der Waals surface area contributed by atoms with E-state index in [0.29, 0.717) is 23.3 Å². The van der Waals surface area contributed by atoms with E-state index in [1.165, 1.54) is 24.2 Å². The number of para-hydroxylation sites is 1. The van der Waals surface area contributed by atoms with Crippen LogP contribution < -0.4 is 10.2 Å². The zero-order valence-electron chi connectivity index (χ0n) is 10.7. The molecule has 4 heteroatoms. The summed E-state index contributed by atoms with van der Waals surface area (Å²) in [5.74, 6) is 0.0480. The van der Waals surface area contributed by atoms with E-state index in [1.807, 2.05) is 18.2 Å². The summed E-state index contributed by atoms with van der Waals surface area (Å²) in [6.45, 7) is 3.85. The third-order valence-electron chi connectivity index (χ3n) is 3.62. The third kappa shape index (κ3) is 3.47. The zero-order chi connectivity index (χ0) is 13.0. The summed E-state index contributed by atoms with van der Waals surface area (Å²) >= 11 is 6.02. The summed E-state index contributed by atoms with van der Waals surface area (Å²) in [5.41, 5.74) is 0.702. The molecule has 1 amide bonds. The van der Waals surface area contributed by atoms with Crippen LogP contribution in [0.2, 0.25) is 5.02 Å². The van der Waals surface area contributed by atoms with Crippen LogP contribution in [0.25, 0.3) is 0 Å². The SMILES string of the molecule is C[C@@H]1CCCC[NH+]1CC(=O)Nc1ccccc1Cl. The molecule has 1 fully saturated rings.